The van der Waals surface area contributed by atoms with Crippen LogP contribution in [0.15, 0.2) is 30.3 Å². The number of benzene rings is 1. The van der Waals surface area contributed by atoms with Crippen LogP contribution in [0.25, 0.3) is 23.1 Å². The standard InChI is InChI=1S/C22H24FN5OS/c1-22(2,3)19-14(12-13-10-11-17(30-13)27(4)5)20-24-25-21(28(20)26-19)18-15(23)8-7-9-16(18)29-6/h7-12H,1-6H3/b14-12-. The fourth-order valence-electron chi connectivity index (χ4n) is 3.34. The van der Waals surface area contributed by atoms with E-state index in [-0.39, 0.29) is 11.0 Å². The molecule has 4 aromatic rings. The van der Waals surface area contributed by atoms with Gasteiger partial charge < -0.3 is 9.64 Å². The summed E-state index contributed by atoms with van der Waals surface area (Å²) in [6.45, 7) is 6.30. The normalized spacial score (nSPS) is 12.7. The average Bonchev–Trinajstić information content (AvgIpc) is 3.38. The van der Waals surface area contributed by atoms with Crippen LogP contribution >= 0.6 is 11.3 Å². The van der Waals surface area contributed by atoms with Crippen LogP contribution in [0.2, 0.25) is 0 Å². The van der Waals surface area contributed by atoms with E-state index in [1.165, 1.54) is 13.2 Å². The molecule has 6 nitrogen and oxygen atoms in total. The minimum atomic E-state index is -0.427. The third kappa shape index (κ3) is 3.41. The van der Waals surface area contributed by atoms with Gasteiger partial charge in [0.1, 0.15) is 11.6 Å². The van der Waals surface area contributed by atoms with Gasteiger partial charge in [-0.1, -0.05) is 26.8 Å². The molecule has 0 aliphatic rings. The lowest BCUT2D eigenvalue weighted by molar-refractivity contribution is 0.413. The molecule has 3 heterocycles. The highest BCUT2D eigenvalue weighted by molar-refractivity contribution is 7.16. The number of anilines is 1. The van der Waals surface area contributed by atoms with Crippen LogP contribution in [0.4, 0.5) is 9.39 Å². The Balaban J connectivity index is 1.99. The number of rotatable bonds is 4. The van der Waals surface area contributed by atoms with E-state index < -0.39 is 5.82 Å². The summed E-state index contributed by atoms with van der Waals surface area (Å²) in [4.78, 5) is 3.16. The van der Waals surface area contributed by atoms with E-state index in [0.717, 1.165) is 20.8 Å². The van der Waals surface area contributed by atoms with Gasteiger partial charge in [0.15, 0.2) is 11.5 Å². The number of methoxy groups -OCH3 is 1. The molecule has 1 aromatic carbocycles. The van der Waals surface area contributed by atoms with Gasteiger partial charge in [0, 0.05) is 29.6 Å². The largest absolute Gasteiger partial charge is 0.496 e. The summed E-state index contributed by atoms with van der Waals surface area (Å²) in [6, 6.07) is 8.85. The Kier molecular flexibility index (Phi) is 4.97. The SMILES string of the molecule is COc1cccc(F)c1-c1nnc2/c(=C\c3ccc(N(C)C)s3)c(C(C)(C)C)nn12. The minimum Gasteiger partial charge on any atom is -0.496 e. The molecule has 0 N–H and O–H groups in total. The second-order valence-corrected chi connectivity index (χ2v) is 9.40. The van der Waals surface area contributed by atoms with Crippen molar-refractivity contribution in [2.45, 2.75) is 26.2 Å². The maximum atomic E-state index is 14.7. The molecule has 4 rings (SSSR count). The molecule has 0 bridgehead atoms. The first kappa shape index (κ1) is 20.3. The predicted octanol–water partition coefficient (Wildman–Crippen LogP) is 3.91. The maximum absolute atomic E-state index is 14.7. The average molecular weight is 426 g/mol. The molecule has 0 saturated heterocycles. The molecule has 156 valence electrons. The Morgan fingerprint density at radius 3 is 2.53 bits per heavy atom. The zero-order valence-corrected chi connectivity index (χ0v) is 18.7. The molecular formula is C22H24FN5OS. The van der Waals surface area contributed by atoms with E-state index in [2.05, 4.69) is 54.1 Å². The number of halogens is 1. The van der Waals surface area contributed by atoms with Crippen LogP contribution in [0.5, 0.6) is 5.75 Å². The van der Waals surface area contributed by atoms with Gasteiger partial charge in [-0.25, -0.2) is 4.39 Å². The number of nitrogens with zero attached hydrogens (tertiary/aromatic N) is 5. The molecule has 0 fully saturated rings. The van der Waals surface area contributed by atoms with Gasteiger partial charge in [-0.15, -0.1) is 21.5 Å². The maximum Gasteiger partial charge on any atom is 0.192 e. The van der Waals surface area contributed by atoms with Crippen LogP contribution in [-0.4, -0.2) is 41.0 Å². The summed E-state index contributed by atoms with van der Waals surface area (Å²) < 4.78 is 21.7. The monoisotopic (exact) mass is 425 g/mol. The Labute approximate surface area is 178 Å². The first-order valence-electron chi connectivity index (χ1n) is 9.58. The van der Waals surface area contributed by atoms with Gasteiger partial charge >= 0.3 is 0 Å². The van der Waals surface area contributed by atoms with Crippen LogP contribution in [0.1, 0.15) is 31.3 Å². The number of ether oxygens (including phenoxy) is 1. The molecule has 0 aliphatic carbocycles. The van der Waals surface area contributed by atoms with Crippen molar-refractivity contribution in [3.63, 3.8) is 0 Å². The van der Waals surface area contributed by atoms with Gasteiger partial charge in [0.05, 0.1) is 23.4 Å². The molecule has 0 aliphatic heterocycles. The Bertz CT molecular complexity index is 1270. The number of hydrogen-bond donors (Lipinski definition) is 0. The fraction of sp³-hybridized carbons (Fsp3) is 0.318. The minimum absolute atomic E-state index is 0.231. The Morgan fingerprint density at radius 2 is 1.90 bits per heavy atom. The summed E-state index contributed by atoms with van der Waals surface area (Å²) in [6.07, 6.45) is 2.08. The Morgan fingerprint density at radius 1 is 1.13 bits per heavy atom. The lowest BCUT2D eigenvalue weighted by Gasteiger charge is -2.14. The number of thiophene rings is 1. The third-order valence-electron chi connectivity index (χ3n) is 4.81. The van der Waals surface area contributed by atoms with E-state index in [4.69, 9.17) is 9.84 Å². The van der Waals surface area contributed by atoms with Crippen molar-refractivity contribution in [2.24, 2.45) is 0 Å². The zero-order valence-electron chi connectivity index (χ0n) is 17.9. The van der Waals surface area contributed by atoms with E-state index in [9.17, 15) is 4.39 Å². The second kappa shape index (κ2) is 7.36. The van der Waals surface area contributed by atoms with E-state index in [1.54, 1.807) is 28.0 Å². The molecule has 8 heteroatoms. The lowest BCUT2D eigenvalue weighted by Crippen LogP contribution is -2.22. The Hall–Kier alpha value is -3.00. The lowest BCUT2D eigenvalue weighted by atomic mass is 9.91. The summed E-state index contributed by atoms with van der Waals surface area (Å²) in [5.41, 5.74) is 1.50. The molecule has 0 saturated carbocycles. The summed E-state index contributed by atoms with van der Waals surface area (Å²) in [7, 11) is 5.55. The molecule has 0 unspecified atom stereocenters. The quantitative estimate of drug-likeness (QED) is 0.496. The van der Waals surface area contributed by atoms with Crippen molar-refractivity contribution in [3.05, 3.63) is 51.9 Å². The van der Waals surface area contributed by atoms with Crippen molar-refractivity contribution in [1.29, 1.82) is 0 Å². The van der Waals surface area contributed by atoms with Crippen LogP contribution < -0.4 is 14.9 Å². The smallest absolute Gasteiger partial charge is 0.192 e. The van der Waals surface area contributed by atoms with Crippen molar-refractivity contribution < 1.29 is 9.13 Å². The molecule has 0 atom stereocenters. The van der Waals surface area contributed by atoms with E-state index in [0.29, 0.717) is 17.2 Å². The van der Waals surface area contributed by atoms with Crippen molar-refractivity contribution in [1.82, 2.24) is 19.8 Å². The highest BCUT2D eigenvalue weighted by Crippen LogP contribution is 2.32. The van der Waals surface area contributed by atoms with Crippen molar-refractivity contribution in [2.75, 3.05) is 26.1 Å². The molecular weight excluding hydrogens is 401 g/mol. The van der Waals surface area contributed by atoms with Crippen molar-refractivity contribution in [3.8, 4) is 17.1 Å². The summed E-state index contributed by atoms with van der Waals surface area (Å²) >= 11 is 1.68. The van der Waals surface area contributed by atoms with Gasteiger partial charge in [-0.2, -0.15) is 9.61 Å². The summed E-state index contributed by atoms with van der Waals surface area (Å²) in [5.74, 6) is 0.289. The number of aromatic nitrogens is 4. The first-order chi connectivity index (χ1) is 14.2. The molecule has 0 radical (unpaired) electrons. The van der Waals surface area contributed by atoms with Gasteiger partial charge in [0.25, 0.3) is 0 Å². The van der Waals surface area contributed by atoms with Crippen molar-refractivity contribution >= 4 is 28.1 Å². The first-order valence-corrected chi connectivity index (χ1v) is 10.4. The third-order valence-corrected chi connectivity index (χ3v) is 6.01. The second-order valence-electron chi connectivity index (χ2n) is 8.30. The predicted molar refractivity (Wildman–Crippen MR) is 119 cm³/mol. The topological polar surface area (TPSA) is 55.6 Å². The van der Waals surface area contributed by atoms with E-state index in [1.807, 2.05) is 14.1 Å². The zero-order chi connectivity index (χ0) is 21.6. The molecule has 30 heavy (non-hydrogen) atoms. The van der Waals surface area contributed by atoms with Gasteiger partial charge in [-0.05, 0) is 30.3 Å². The summed E-state index contributed by atoms with van der Waals surface area (Å²) in [5, 5.41) is 15.5. The van der Waals surface area contributed by atoms with Gasteiger partial charge in [0.2, 0.25) is 0 Å². The highest BCUT2D eigenvalue weighted by Gasteiger charge is 2.26. The molecule has 0 spiro atoms. The van der Waals surface area contributed by atoms with Crippen LogP contribution in [0.3, 0.4) is 0 Å². The van der Waals surface area contributed by atoms with Crippen LogP contribution in [-0.2, 0) is 5.41 Å². The number of fused-ring (bicyclic) bond motifs is 1. The highest BCUT2D eigenvalue weighted by atomic mass is 32.1. The number of hydrogen-bond acceptors (Lipinski definition) is 6. The fourth-order valence-corrected chi connectivity index (χ4v) is 4.21. The molecule has 3 aromatic heterocycles. The van der Waals surface area contributed by atoms with E-state index >= 15 is 0 Å². The van der Waals surface area contributed by atoms with Gasteiger partial charge in [-0.3, -0.25) is 0 Å². The molecule has 0 amide bonds. The van der Waals surface area contributed by atoms with Crippen LogP contribution in [0, 0.1) is 5.82 Å².